The predicted octanol–water partition coefficient (Wildman–Crippen LogP) is 3.83. The van der Waals surface area contributed by atoms with E-state index in [1.807, 2.05) is 37.3 Å². The summed E-state index contributed by atoms with van der Waals surface area (Å²) in [5.41, 5.74) is 2.60. The van der Waals surface area contributed by atoms with Gasteiger partial charge in [-0.05, 0) is 25.2 Å². The van der Waals surface area contributed by atoms with Gasteiger partial charge in [0.1, 0.15) is 12.4 Å². The van der Waals surface area contributed by atoms with Crippen LogP contribution in [0.25, 0.3) is 17.3 Å². The first-order chi connectivity index (χ1) is 15.2. The monoisotopic (exact) mass is 448 g/mol. The van der Waals surface area contributed by atoms with E-state index in [-0.39, 0.29) is 17.9 Å². The third-order valence-corrected chi connectivity index (χ3v) is 5.17. The summed E-state index contributed by atoms with van der Waals surface area (Å²) in [5.74, 6) is 1.19. The number of anilines is 1. The molecule has 10 heteroatoms. The molecule has 0 atom stereocenters. The number of nitrogens with one attached hydrogen (secondary N) is 2. The molecule has 164 valence electrons. The third kappa shape index (κ3) is 4.50. The lowest BCUT2D eigenvalue weighted by Gasteiger charge is -2.13. The summed E-state index contributed by atoms with van der Waals surface area (Å²) in [6.07, 6.45) is 3.26. The summed E-state index contributed by atoms with van der Waals surface area (Å²) in [6, 6.07) is 11.4. The topological polar surface area (TPSA) is 106 Å². The number of carbonyl (C=O) groups is 1. The maximum Gasteiger partial charge on any atom is 0.252 e. The van der Waals surface area contributed by atoms with Crippen LogP contribution in [-0.2, 0) is 16.8 Å². The van der Waals surface area contributed by atoms with Crippen LogP contribution < -0.4 is 5.32 Å². The Hall–Kier alpha value is -3.66. The number of hydrogen-bond donors (Lipinski definition) is 2. The fourth-order valence-electron chi connectivity index (χ4n) is 3.10. The zero-order valence-electron chi connectivity index (χ0n) is 18.3. The second-order valence-corrected chi connectivity index (χ2v) is 8.86. The van der Waals surface area contributed by atoms with Gasteiger partial charge >= 0.3 is 0 Å². The van der Waals surface area contributed by atoms with Gasteiger partial charge in [0.25, 0.3) is 5.95 Å². The molecule has 0 bridgehead atoms. The van der Waals surface area contributed by atoms with Gasteiger partial charge in [-0.1, -0.05) is 50.6 Å². The number of H-pyrrole nitrogens is 1. The van der Waals surface area contributed by atoms with Crippen molar-refractivity contribution >= 4 is 23.9 Å². The Morgan fingerprint density at radius 2 is 1.84 bits per heavy atom. The Bertz CT molecular complexity index is 1300. The summed E-state index contributed by atoms with van der Waals surface area (Å²) in [5, 5.41) is 14.6. The normalized spacial score (nSPS) is 11.5. The first-order valence-corrected chi connectivity index (χ1v) is 10.5. The average molecular weight is 449 g/mol. The number of benzene rings is 1. The summed E-state index contributed by atoms with van der Waals surface area (Å²) in [4.78, 5) is 21.5. The lowest BCUT2D eigenvalue weighted by molar-refractivity contribution is -0.116. The van der Waals surface area contributed by atoms with Gasteiger partial charge in [0.05, 0.1) is 5.69 Å². The molecule has 3 aromatic heterocycles. The first kappa shape index (κ1) is 21.6. The summed E-state index contributed by atoms with van der Waals surface area (Å²) < 4.78 is 3.57. The van der Waals surface area contributed by atoms with Crippen LogP contribution in [0, 0.1) is 11.7 Å². The molecule has 9 nitrogen and oxygen atoms in total. The molecule has 32 heavy (non-hydrogen) atoms. The Balaban J connectivity index is 1.63. The maximum absolute atomic E-state index is 13.0. The molecule has 4 aromatic rings. The minimum absolute atomic E-state index is 0.00970. The molecular formula is C22H24N8OS. The molecule has 4 rings (SSSR count). The van der Waals surface area contributed by atoms with Crippen molar-refractivity contribution in [3.8, 4) is 17.3 Å². The molecule has 3 heterocycles. The number of aromatic amines is 1. The highest BCUT2D eigenvalue weighted by Gasteiger charge is 2.23. The lowest BCUT2D eigenvalue weighted by Crippen LogP contribution is -2.21. The van der Waals surface area contributed by atoms with Crippen molar-refractivity contribution in [2.24, 2.45) is 0 Å². The molecule has 1 amide bonds. The zero-order valence-corrected chi connectivity index (χ0v) is 19.1. The maximum atomic E-state index is 13.0. The third-order valence-electron chi connectivity index (χ3n) is 4.86. The Labute approximate surface area is 190 Å². The van der Waals surface area contributed by atoms with E-state index in [1.54, 1.807) is 23.0 Å². The van der Waals surface area contributed by atoms with E-state index in [0.717, 1.165) is 16.8 Å². The Morgan fingerprint density at radius 3 is 2.50 bits per heavy atom. The van der Waals surface area contributed by atoms with Crippen LogP contribution in [-0.4, -0.2) is 40.4 Å². The molecule has 0 aliphatic heterocycles. The van der Waals surface area contributed by atoms with E-state index in [0.29, 0.717) is 22.4 Å². The minimum Gasteiger partial charge on any atom is -0.309 e. The minimum atomic E-state index is -0.270. The molecule has 0 radical (unpaired) electrons. The molecule has 0 unspecified atom stereocenters. The summed E-state index contributed by atoms with van der Waals surface area (Å²) >= 11 is 5.36. The average Bonchev–Trinajstić information content (AvgIpc) is 3.33. The molecule has 2 N–H and O–H groups in total. The van der Waals surface area contributed by atoms with Crippen molar-refractivity contribution < 1.29 is 4.79 Å². The van der Waals surface area contributed by atoms with Crippen molar-refractivity contribution in [2.75, 3.05) is 5.32 Å². The number of carbonyl (C=O) groups excluding carboxylic acids is 1. The van der Waals surface area contributed by atoms with E-state index >= 15 is 0 Å². The molecule has 0 saturated heterocycles. The number of hydrogen-bond acceptors (Lipinski definition) is 6. The number of aryl methyl sites for hydroxylation is 1. The number of rotatable bonds is 5. The van der Waals surface area contributed by atoms with Crippen LogP contribution in [0.4, 0.5) is 5.82 Å². The summed E-state index contributed by atoms with van der Waals surface area (Å²) in [7, 11) is 0. The smallest absolute Gasteiger partial charge is 0.252 e. The molecule has 0 fully saturated rings. The Kier molecular flexibility index (Phi) is 5.70. The Morgan fingerprint density at radius 1 is 1.16 bits per heavy atom. The van der Waals surface area contributed by atoms with Gasteiger partial charge in [0, 0.05) is 29.4 Å². The molecule has 0 saturated carbocycles. The van der Waals surface area contributed by atoms with E-state index in [9.17, 15) is 4.79 Å². The number of nitrogens with zero attached hydrogens (tertiary/aromatic N) is 6. The fourth-order valence-corrected chi connectivity index (χ4v) is 3.30. The van der Waals surface area contributed by atoms with E-state index in [1.165, 1.54) is 4.68 Å². The first-order valence-electron chi connectivity index (χ1n) is 10.1. The SMILES string of the molecule is Cc1ccc(-c2n[nH]c(=S)n2CC(=O)Nc2cc(C(C)(C)C)nn2-c2ncccn2)cc1. The van der Waals surface area contributed by atoms with Gasteiger partial charge in [-0.15, -0.1) is 0 Å². The lowest BCUT2D eigenvalue weighted by atomic mass is 9.92. The van der Waals surface area contributed by atoms with Crippen molar-refractivity contribution in [3.05, 3.63) is 64.8 Å². The van der Waals surface area contributed by atoms with Crippen LogP contribution in [0.5, 0.6) is 0 Å². The van der Waals surface area contributed by atoms with Crippen LogP contribution in [0.3, 0.4) is 0 Å². The highest BCUT2D eigenvalue weighted by Crippen LogP contribution is 2.25. The molecule has 0 spiro atoms. The second-order valence-electron chi connectivity index (χ2n) is 8.48. The van der Waals surface area contributed by atoms with Gasteiger partial charge in [-0.2, -0.15) is 14.9 Å². The highest BCUT2D eigenvalue weighted by atomic mass is 32.1. The molecular weight excluding hydrogens is 424 g/mol. The molecule has 0 aliphatic carbocycles. The van der Waals surface area contributed by atoms with Crippen LogP contribution in [0.15, 0.2) is 48.8 Å². The molecule has 1 aromatic carbocycles. The number of aromatic nitrogens is 7. The van der Waals surface area contributed by atoms with Crippen molar-refractivity contribution in [3.63, 3.8) is 0 Å². The quantitative estimate of drug-likeness (QED) is 0.450. The van der Waals surface area contributed by atoms with Crippen LogP contribution in [0.2, 0.25) is 0 Å². The fraction of sp³-hybridized carbons (Fsp3) is 0.273. The number of amides is 1. The van der Waals surface area contributed by atoms with Crippen molar-refractivity contribution in [1.82, 2.24) is 34.5 Å². The predicted molar refractivity (Wildman–Crippen MR) is 124 cm³/mol. The van der Waals surface area contributed by atoms with Gasteiger partial charge in [0.2, 0.25) is 5.91 Å². The van der Waals surface area contributed by atoms with Crippen LogP contribution >= 0.6 is 12.2 Å². The summed E-state index contributed by atoms with van der Waals surface area (Å²) in [6.45, 7) is 8.16. The second kappa shape index (κ2) is 8.46. The van der Waals surface area contributed by atoms with Gasteiger partial charge in [-0.3, -0.25) is 14.5 Å². The van der Waals surface area contributed by atoms with Crippen molar-refractivity contribution in [1.29, 1.82) is 0 Å². The van der Waals surface area contributed by atoms with E-state index < -0.39 is 0 Å². The van der Waals surface area contributed by atoms with Gasteiger partial charge in [0.15, 0.2) is 10.6 Å². The highest BCUT2D eigenvalue weighted by molar-refractivity contribution is 7.71. The van der Waals surface area contributed by atoms with Gasteiger partial charge < -0.3 is 5.32 Å². The zero-order chi connectivity index (χ0) is 22.9. The van der Waals surface area contributed by atoms with Gasteiger partial charge in [-0.25, -0.2) is 9.97 Å². The van der Waals surface area contributed by atoms with Crippen LogP contribution in [0.1, 0.15) is 32.0 Å². The van der Waals surface area contributed by atoms with E-state index in [2.05, 4.69) is 51.4 Å². The van der Waals surface area contributed by atoms with Crippen molar-refractivity contribution in [2.45, 2.75) is 39.7 Å². The largest absolute Gasteiger partial charge is 0.309 e. The molecule has 0 aliphatic rings. The standard InChI is InChI=1S/C22H24N8OS/c1-14-6-8-15(9-7-14)19-26-27-21(32)29(19)13-18(31)25-17-12-16(22(2,3)4)28-30(17)20-23-10-5-11-24-20/h5-12H,13H2,1-4H3,(H,25,31)(H,27,32). The van der Waals surface area contributed by atoms with E-state index in [4.69, 9.17) is 12.2 Å².